The molecule has 0 unspecified atom stereocenters. The molecule has 3 fully saturated rings. The van der Waals surface area contributed by atoms with Crippen molar-refractivity contribution in [1.29, 1.82) is 0 Å². The fraction of sp³-hybridized carbons (Fsp3) is 0.733. The molecule has 0 bridgehead atoms. The third-order valence-electron chi connectivity index (χ3n) is 4.68. The van der Waals surface area contributed by atoms with Crippen LogP contribution in [0, 0.1) is 5.92 Å². The third-order valence-corrected chi connectivity index (χ3v) is 5.67. The molecule has 3 saturated carbocycles. The summed E-state index contributed by atoms with van der Waals surface area (Å²) >= 11 is 1.43. The van der Waals surface area contributed by atoms with Gasteiger partial charge in [0.2, 0.25) is 0 Å². The molecule has 1 aromatic rings. The van der Waals surface area contributed by atoms with Crippen LogP contribution in [0.15, 0.2) is 0 Å². The molecule has 0 atom stereocenters. The smallest absolute Gasteiger partial charge is 0.268 e. The predicted molar refractivity (Wildman–Crippen MR) is 84.6 cm³/mol. The second-order valence-electron chi connectivity index (χ2n) is 6.64. The summed E-state index contributed by atoms with van der Waals surface area (Å²) in [6.07, 6.45) is 8.49. The van der Waals surface area contributed by atoms with Gasteiger partial charge in [0.05, 0.1) is 0 Å². The average Bonchev–Trinajstić information content (AvgIpc) is 3.29. The Labute approximate surface area is 128 Å². The number of nitrogen functional groups attached to an aromatic ring is 1. The van der Waals surface area contributed by atoms with Crippen LogP contribution in [0.1, 0.15) is 54.6 Å². The number of amides is 1. The van der Waals surface area contributed by atoms with Gasteiger partial charge in [0, 0.05) is 18.6 Å². The lowest BCUT2D eigenvalue weighted by Crippen LogP contribution is -2.34. The molecule has 1 heterocycles. The van der Waals surface area contributed by atoms with Gasteiger partial charge in [0.1, 0.15) is 10.7 Å². The molecule has 3 N–H and O–H groups in total. The van der Waals surface area contributed by atoms with Crippen LogP contribution in [0.25, 0.3) is 0 Å². The molecule has 1 aromatic heterocycles. The zero-order valence-corrected chi connectivity index (χ0v) is 13.0. The molecule has 3 aliphatic rings. The maximum Gasteiger partial charge on any atom is 0.268 e. The SMILES string of the molecule is Nc1nc(NC2CCC2)sc1C(=O)N(CC1CC1)C1CC1. The first-order chi connectivity index (χ1) is 10.2. The number of rotatable bonds is 6. The van der Waals surface area contributed by atoms with Crippen LogP contribution < -0.4 is 11.1 Å². The topological polar surface area (TPSA) is 71.2 Å². The van der Waals surface area contributed by atoms with Gasteiger partial charge in [-0.15, -0.1) is 0 Å². The van der Waals surface area contributed by atoms with E-state index in [4.69, 9.17) is 5.73 Å². The molecule has 0 radical (unpaired) electrons. The van der Waals surface area contributed by atoms with E-state index in [-0.39, 0.29) is 5.91 Å². The standard InChI is InChI=1S/C15H22N4OS/c16-13-12(21-15(18-13)17-10-2-1-3-10)14(20)19(11-6-7-11)8-9-4-5-9/h9-11H,1-8,16H2,(H,17,18). The van der Waals surface area contributed by atoms with Gasteiger partial charge in [-0.25, -0.2) is 4.98 Å². The molecule has 3 aliphatic carbocycles. The zero-order chi connectivity index (χ0) is 14.4. The van der Waals surface area contributed by atoms with Crippen molar-refractivity contribution in [1.82, 2.24) is 9.88 Å². The van der Waals surface area contributed by atoms with Gasteiger partial charge in [-0.1, -0.05) is 11.3 Å². The molecule has 114 valence electrons. The summed E-state index contributed by atoms with van der Waals surface area (Å²) in [5.74, 6) is 1.21. The number of hydrogen-bond donors (Lipinski definition) is 2. The van der Waals surface area contributed by atoms with E-state index in [1.54, 1.807) is 0 Å². The Morgan fingerprint density at radius 2 is 2.05 bits per heavy atom. The number of hydrogen-bond acceptors (Lipinski definition) is 5. The number of aromatic nitrogens is 1. The minimum absolute atomic E-state index is 0.0982. The zero-order valence-electron chi connectivity index (χ0n) is 12.2. The molecule has 0 aliphatic heterocycles. The van der Waals surface area contributed by atoms with E-state index in [9.17, 15) is 4.79 Å². The molecule has 0 saturated heterocycles. The summed E-state index contributed by atoms with van der Waals surface area (Å²) in [6.45, 7) is 0.909. The Hall–Kier alpha value is -1.30. The summed E-state index contributed by atoms with van der Waals surface area (Å²) in [7, 11) is 0. The van der Waals surface area contributed by atoms with Crippen molar-refractivity contribution in [3.63, 3.8) is 0 Å². The van der Waals surface area contributed by atoms with Crippen molar-refractivity contribution < 1.29 is 4.79 Å². The van der Waals surface area contributed by atoms with Gasteiger partial charge in [-0.3, -0.25) is 4.79 Å². The van der Waals surface area contributed by atoms with E-state index >= 15 is 0 Å². The minimum Gasteiger partial charge on any atom is -0.382 e. The van der Waals surface area contributed by atoms with E-state index in [0.29, 0.717) is 22.8 Å². The van der Waals surface area contributed by atoms with Gasteiger partial charge in [-0.05, 0) is 50.9 Å². The van der Waals surface area contributed by atoms with Crippen molar-refractivity contribution in [2.75, 3.05) is 17.6 Å². The van der Waals surface area contributed by atoms with Crippen LogP contribution >= 0.6 is 11.3 Å². The predicted octanol–water partition coefficient (Wildman–Crippen LogP) is 2.70. The summed E-state index contributed by atoms with van der Waals surface area (Å²) in [6, 6.07) is 0.965. The highest BCUT2D eigenvalue weighted by Gasteiger charge is 2.38. The Morgan fingerprint density at radius 3 is 2.62 bits per heavy atom. The van der Waals surface area contributed by atoms with Gasteiger partial charge in [-0.2, -0.15) is 0 Å². The number of nitrogens with two attached hydrogens (primary N) is 1. The highest BCUT2D eigenvalue weighted by atomic mass is 32.1. The van der Waals surface area contributed by atoms with Gasteiger partial charge >= 0.3 is 0 Å². The van der Waals surface area contributed by atoms with Crippen molar-refractivity contribution in [2.45, 2.75) is 57.0 Å². The maximum atomic E-state index is 12.8. The Balaban J connectivity index is 1.48. The summed E-state index contributed by atoms with van der Waals surface area (Å²) in [4.78, 5) is 19.8. The van der Waals surface area contributed by atoms with Gasteiger partial charge in [0.25, 0.3) is 5.91 Å². The van der Waals surface area contributed by atoms with Gasteiger partial charge in [0.15, 0.2) is 5.13 Å². The second-order valence-corrected chi connectivity index (χ2v) is 7.64. The van der Waals surface area contributed by atoms with E-state index < -0.39 is 0 Å². The first-order valence-electron chi connectivity index (χ1n) is 8.04. The molecule has 0 aromatic carbocycles. The lowest BCUT2D eigenvalue weighted by molar-refractivity contribution is 0.0740. The fourth-order valence-electron chi connectivity index (χ4n) is 2.77. The Kier molecular flexibility index (Phi) is 3.28. The largest absolute Gasteiger partial charge is 0.382 e. The molecule has 1 amide bonds. The number of nitrogens with one attached hydrogen (secondary N) is 1. The Bertz CT molecular complexity index is 546. The van der Waals surface area contributed by atoms with Crippen LogP contribution in [0.3, 0.4) is 0 Å². The van der Waals surface area contributed by atoms with Crippen molar-refractivity contribution >= 4 is 28.2 Å². The molecule has 4 rings (SSSR count). The molecule has 6 heteroatoms. The average molecular weight is 306 g/mol. The summed E-state index contributed by atoms with van der Waals surface area (Å²) in [5.41, 5.74) is 5.99. The third kappa shape index (κ3) is 2.86. The highest BCUT2D eigenvalue weighted by molar-refractivity contribution is 7.18. The Morgan fingerprint density at radius 1 is 1.29 bits per heavy atom. The first-order valence-corrected chi connectivity index (χ1v) is 8.86. The van der Waals surface area contributed by atoms with Crippen LogP contribution in [0.5, 0.6) is 0 Å². The molecule has 5 nitrogen and oxygen atoms in total. The lowest BCUT2D eigenvalue weighted by atomic mass is 9.93. The van der Waals surface area contributed by atoms with E-state index in [1.165, 1.54) is 43.4 Å². The lowest BCUT2D eigenvalue weighted by Gasteiger charge is -2.25. The van der Waals surface area contributed by atoms with E-state index in [2.05, 4.69) is 15.2 Å². The summed E-state index contributed by atoms with van der Waals surface area (Å²) in [5, 5.41) is 4.20. The highest BCUT2D eigenvalue weighted by Crippen LogP contribution is 2.37. The molecular weight excluding hydrogens is 284 g/mol. The normalized spacial score (nSPS) is 21.9. The number of nitrogens with zero attached hydrogens (tertiary/aromatic N) is 2. The number of carbonyl (C=O) groups is 1. The minimum atomic E-state index is 0.0982. The van der Waals surface area contributed by atoms with Crippen LogP contribution in [-0.2, 0) is 0 Å². The monoisotopic (exact) mass is 306 g/mol. The second kappa shape index (κ2) is 5.16. The molecule has 21 heavy (non-hydrogen) atoms. The first kappa shape index (κ1) is 13.4. The summed E-state index contributed by atoms with van der Waals surface area (Å²) < 4.78 is 0. The fourth-order valence-corrected chi connectivity index (χ4v) is 3.68. The number of thiazole rings is 1. The van der Waals surface area contributed by atoms with Crippen molar-refractivity contribution in [2.24, 2.45) is 5.92 Å². The van der Waals surface area contributed by atoms with Gasteiger partial charge < -0.3 is 16.0 Å². The van der Waals surface area contributed by atoms with Crippen molar-refractivity contribution in [3.8, 4) is 0 Å². The molecular formula is C15H22N4OS. The van der Waals surface area contributed by atoms with E-state index in [1.807, 2.05) is 0 Å². The van der Waals surface area contributed by atoms with Crippen molar-refractivity contribution in [3.05, 3.63) is 4.88 Å². The number of anilines is 2. The van der Waals surface area contributed by atoms with Crippen LogP contribution in [0.2, 0.25) is 0 Å². The van der Waals surface area contributed by atoms with E-state index in [0.717, 1.165) is 30.4 Å². The molecule has 0 spiro atoms. The maximum absolute atomic E-state index is 12.8. The quantitative estimate of drug-likeness (QED) is 0.847. The van der Waals surface area contributed by atoms with Crippen LogP contribution in [-0.4, -0.2) is 34.4 Å². The number of carbonyl (C=O) groups excluding carboxylic acids is 1. The van der Waals surface area contributed by atoms with Crippen LogP contribution in [0.4, 0.5) is 10.9 Å².